The Kier molecular flexibility index (Phi) is 4.05. The lowest BCUT2D eigenvalue weighted by Gasteiger charge is -2.05. The number of carboxylic acids is 1. The minimum Gasteiger partial charge on any atom is -0.500 e. The van der Waals surface area contributed by atoms with Crippen LogP contribution in [0.3, 0.4) is 0 Å². The molecule has 1 rings (SSSR count). The normalized spacial score (nSPS) is 10.6. The Morgan fingerprint density at radius 2 is 2.21 bits per heavy atom. The molecule has 0 aliphatic rings. The van der Waals surface area contributed by atoms with E-state index in [1.165, 1.54) is 19.2 Å². The van der Waals surface area contributed by atoms with E-state index in [1.54, 1.807) is 0 Å². The molecule has 0 saturated heterocycles. The first-order valence-corrected chi connectivity index (χ1v) is 4.81. The third kappa shape index (κ3) is 2.98. The first kappa shape index (κ1) is 14.0. The first-order chi connectivity index (χ1) is 8.90. The molecule has 19 heavy (non-hydrogen) atoms. The highest BCUT2D eigenvalue weighted by molar-refractivity contribution is 5.96. The summed E-state index contributed by atoms with van der Waals surface area (Å²) >= 11 is 0. The predicted molar refractivity (Wildman–Crippen MR) is 62.5 cm³/mol. The fourth-order valence-corrected chi connectivity index (χ4v) is 1.30. The van der Waals surface area contributed by atoms with E-state index >= 15 is 0 Å². The highest BCUT2D eigenvalue weighted by Crippen LogP contribution is 2.37. The average molecular weight is 264 g/mol. The van der Waals surface area contributed by atoms with Gasteiger partial charge in [-0.3, -0.25) is 10.1 Å². The molecule has 0 aromatic heterocycles. The number of ether oxygens (including phenoxy) is 1. The second-order valence-corrected chi connectivity index (χ2v) is 3.32. The first-order valence-electron chi connectivity index (χ1n) is 4.81. The molecule has 0 aliphatic carbocycles. The van der Waals surface area contributed by atoms with Gasteiger partial charge in [-0.15, -0.1) is 0 Å². The molecular weight excluding hydrogens is 256 g/mol. The molecule has 0 bridgehead atoms. The lowest BCUT2D eigenvalue weighted by atomic mass is 10.1. The van der Waals surface area contributed by atoms with Gasteiger partial charge in [-0.05, 0) is 17.7 Å². The van der Waals surface area contributed by atoms with Crippen molar-refractivity contribution in [1.82, 2.24) is 0 Å². The SMILES string of the molecule is COc1cc(/C=C(\C#N)C(=O)O)cc([N+](=O)[O-])c1O. The fourth-order valence-electron chi connectivity index (χ4n) is 1.30. The second-order valence-electron chi connectivity index (χ2n) is 3.32. The van der Waals surface area contributed by atoms with Crippen LogP contribution in [-0.4, -0.2) is 28.2 Å². The number of nitro benzene ring substituents is 1. The predicted octanol–water partition coefficient (Wildman–Crippen LogP) is 1.30. The van der Waals surface area contributed by atoms with Crippen molar-refractivity contribution in [1.29, 1.82) is 5.26 Å². The molecule has 8 nitrogen and oxygen atoms in total. The molecule has 1 aromatic carbocycles. The van der Waals surface area contributed by atoms with Crippen LogP contribution < -0.4 is 4.74 Å². The Hall–Kier alpha value is -3.08. The smallest absolute Gasteiger partial charge is 0.346 e. The van der Waals surface area contributed by atoms with E-state index in [-0.39, 0.29) is 11.3 Å². The molecule has 0 spiro atoms. The van der Waals surface area contributed by atoms with Crippen molar-refractivity contribution in [2.24, 2.45) is 0 Å². The van der Waals surface area contributed by atoms with Crippen LogP contribution >= 0.6 is 0 Å². The molecule has 0 saturated carbocycles. The summed E-state index contributed by atoms with van der Waals surface area (Å²) in [6.07, 6.45) is 0.942. The van der Waals surface area contributed by atoms with Crippen molar-refractivity contribution in [3.63, 3.8) is 0 Å². The van der Waals surface area contributed by atoms with E-state index in [2.05, 4.69) is 0 Å². The third-order valence-electron chi connectivity index (χ3n) is 2.16. The largest absolute Gasteiger partial charge is 0.500 e. The number of nitrogens with zero attached hydrogens (tertiary/aromatic N) is 2. The van der Waals surface area contributed by atoms with Gasteiger partial charge in [-0.25, -0.2) is 4.79 Å². The maximum atomic E-state index is 10.7. The highest BCUT2D eigenvalue weighted by atomic mass is 16.6. The van der Waals surface area contributed by atoms with E-state index in [4.69, 9.17) is 15.1 Å². The van der Waals surface area contributed by atoms with Crippen LogP contribution in [-0.2, 0) is 4.79 Å². The number of hydrogen-bond donors (Lipinski definition) is 2. The summed E-state index contributed by atoms with van der Waals surface area (Å²) in [4.78, 5) is 20.5. The van der Waals surface area contributed by atoms with Gasteiger partial charge in [0.2, 0.25) is 5.75 Å². The zero-order valence-electron chi connectivity index (χ0n) is 9.65. The number of benzene rings is 1. The zero-order valence-corrected chi connectivity index (χ0v) is 9.65. The lowest BCUT2D eigenvalue weighted by molar-refractivity contribution is -0.386. The Labute approximate surface area is 106 Å². The van der Waals surface area contributed by atoms with Gasteiger partial charge in [0, 0.05) is 6.07 Å². The molecule has 0 aliphatic heterocycles. The van der Waals surface area contributed by atoms with Crippen molar-refractivity contribution in [2.45, 2.75) is 0 Å². The van der Waals surface area contributed by atoms with Gasteiger partial charge >= 0.3 is 11.7 Å². The van der Waals surface area contributed by atoms with Crippen molar-refractivity contribution in [2.75, 3.05) is 7.11 Å². The number of rotatable bonds is 4. The Balaban J connectivity index is 3.47. The summed E-state index contributed by atoms with van der Waals surface area (Å²) in [6.45, 7) is 0. The Bertz CT molecular complexity index is 614. The molecule has 2 N–H and O–H groups in total. The molecule has 98 valence electrons. The van der Waals surface area contributed by atoms with Crippen LogP contribution in [0.25, 0.3) is 6.08 Å². The second kappa shape index (κ2) is 5.50. The number of nitro groups is 1. The zero-order chi connectivity index (χ0) is 14.6. The molecule has 0 fully saturated rings. The van der Waals surface area contributed by atoms with Gasteiger partial charge in [0.1, 0.15) is 11.6 Å². The van der Waals surface area contributed by atoms with Gasteiger partial charge < -0.3 is 14.9 Å². The minimum atomic E-state index is -1.46. The number of nitriles is 1. The molecule has 8 heteroatoms. The van der Waals surface area contributed by atoms with Crippen molar-refractivity contribution in [3.8, 4) is 17.6 Å². The third-order valence-corrected chi connectivity index (χ3v) is 2.16. The summed E-state index contributed by atoms with van der Waals surface area (Å²) in [5.41, 5.74) is -1.18. The van der Waals surface area contributed by atoms with Crippen LogP contribution in [0.4, 0.5) is 5.69 Å². The van der Waals surface area contributed by atoms with Crippen LogP contribution in [0.2, 0.25) is 0 Å². The molecule has 0 atom stereocenters. The van der Waals surface area contributed by atoms with Gasteiger partial charge in [0.15, 0.2) is 5.75 Å². The van der Waals surface area contributed by atoms with Crippen LogP contribution in [0.5, 0.6) is 11.5 Å². The molecule has 0 unspecified atom stereocenters. The number of phenolic OH excluding ortho intramolecular Hbond substituents is 1. The van der Waals surface area contributed by atoms with E-state index in [1.807, 2.05) is 0 Å². The number of aromatic hydroxyl groups is 1. The number of carboxylic acid groups (broad SMARTS) is 1. The molecular formula is C11H8N2O6. The van der Waals surface area contributed by atoms with Crippen LogP contribution in [0.1, 0.15) is 5.56 Å². The summed E-state index contributed by atoms with van der Waals surface area (Å²) in [5.74, 6) is -2.32. The summed E-state index contributed by atoms with van der Waals surface area (Å²) in [6, 6.07) is 3.56. The molecule has 0 radical (unpaired) electrons. The number of hydrogen-bond acceptors (Lipinski definition) is 6. The monoisotopic (exact) mass is 264 g/mol. The molecule has 0 amide bonds. The summed E-state index contributed by atoms with van der Waals surface area (Å²) in [7, 11) is 1.19. The summed E-state index contributed by atoms with van der Waals surface area (Å²) in [5, 5.41) is 37.5. The van der Waals surface area contributed by atoms with E-state index in [0.717, 1.165) is 12.1 Å². The van der Waals surface area contributed by atoms with E-state index in [0.29, 0.717) is 0 Å². The minimum absolute atomic E-state index is 0.0558. The maximum absolute atomic E-state index is 10.7. The standard InChI is InChI=1S/C11H8N2O6/c1-19-9-4-6(2-7(5-12)11(15)16)3-8(10(9)14)13(17)18/h2-4,14H,1H3,(H,15,16)/b7-2+. The van der Waals surface area contributed by atoms with Gasteiger partial charge in [-0.1, -0.05) is 0 Å². The molecule has 1 aromatic rings. The molecule has 0 heterocycles. The topological polar surface area (TPSA) is 134 Å². The number of aliphatic carboxylic acids is 1. The Morgan fingerprint density at radius 3 is 2.63 bits per heavy atom. The van der Waals surface area contributed by atoms with Crippen molar-refractivity contribution >= 4 is 17.7 Å². The number of methoxy groups -OCH3 is 1. The quantitative estimate of drug-likeness (QED) is 0.362. The van der Waals surface area contributed by atoms with E-state index in [9.17, 15) is 20.0 Å². The highest BCUT2D eigenvalue weighted by Gasteiger charge is 2.20. The van der Waals surface area contributed by atoms with Crippen molar-refractivity contribution in [3.05, 3.63) is 33.4 Å². The maximum Gasteiger partial charge on any atom is 0.346 e. The lowest BCUT2D eigenvalue weighted by Crippen LogP contribution is -1.98. The summed E-state index contributed by atoms with van der Waals surface area (Å²) < 4.78 is 4.74. The van der Waals surface area contributed by atoms with Crippen molar-refractivity contribution < 1.29 is 24.7 Å². The van der Waals surface area contributed by atoms with Gasteiger partial charge in [-0.2, -0.15) is 5.26 Å². The average Bonchev–Trinajstić information content (AvgIpc) is 2.36. The van der Waals surface area contributed by atoms with Gasteiger partial charge in [0.25, 0.3) is 0 Å². The van der Waals surface area contributed by atoms with Crippen LogP contribution in [0.15, 0.2) is 17.7 Å². The number of phenols is 1. The fraction of sp³-hybridized carbons (Fsp3) is 0.0909. The van der Waals surface area contributed by atoms with Crippen LogP contribution in [0, 0.1) is 21.4 Å². The van der Waals surface area contributed by atoms with Gasteiger partial charge in [0.05, 0.1) is 12.0 Å². The number of carbonyl (C=O) groups is 1. The Morgan fingerprint density at radius 1 is 1.58 bits per heavy atom. The van der Waals surface area contributed by atoms with E-state index < -0.39 is 27.9 Å².